The number of anilines is 1. The van der Waals surface area contributed by atoms with E-state index >= 15 is 0 Å². The molecule has 2 atom stereocenters. The Morgan fingerprint density at radius 1 is 1.03 bits per heavy atom. The molecule has 2 N–H and O–H groups in total. The second-order valence-corrected chi connectivity index (χ2v) is 9.89. The maximum absolute atomic E-state index is 11.8. The number of ketones is 1. The standard InChI is InChI=1S/C28H33N3O3/c1-18-15-23(12-14-25(18)29-24-13-11-22(16-24)26(33)17-32)27-30-28(34-31-27)21-9-7-20(8-10-21)19-5-3-2-4-6-19/h7-10,12,14-15,19,22,24,29,32H,2-6,11,13,16-17H2,1H3/t22-,24+/m1/s1. The third kappa shape index (κ3) is 4.92. The van der Waals surface area contributed by atoms with Crippen LogP contribution in [0.4, 0.5) is 5.69 Å². The quantitative estimate of drug-likeness (QED) is 0.457. The number of aliphatic hydroxyl groups excluding tert-OH is 1. The Balaban J connectivity index is 1.25. The van der Waals surface area contributed by atoms with Crippen molar-refractivity contribution in [2.45, 2.75) is 70.3 Å². The van der Waals surface area contributed by atoms with Gasteiger partial charge in [-0.25, -0.2) is 0 Å². The van der Waals surface area contributed by atoms with Gasteiger partial charge in [-0.2, -0.15) is 4.98 Å². The highest BCUT2D eigenvalue weighted by atomic mass is 16.5. The highest BCUT2D eigenvalue weighted by molar-refractivity contribution is 5.82. The van der Waals surface area contributed by atoms with Gasteiger partial charge in [-0.3, -0.25) is 4.79 Å². The predicted octanol–water partition coefficient (Wildman–Crippen LogP) is 5.90. The number of benzene rings is 2. The van der Waals surface area contributed by atoms with E-state index in [9.17, 15) is 4.79 Å². The highest BCUT2D eigenvalue weighted by Gasteiger charge is 2.29. The maximum atomic E-state index is 11.8. The molecule has 0 aliphatic heterocycles. The van der Waals surface area contributed by atoms with E-state index in [4.69, 9.17) is 9.63 Å². The largest absolute Gasteiger partial charge is 0.389 e. The zero-order chi connectivity index (χ0) is 23.5. The number of rotatable bonds is 7. The molecule has 0 saturated heterocycles. The van der Waals surface area contributed by atoms with Crippen LogP contribution in [-0.4, -0.2) is 33.7 Å². The van der Waals surface area contributed by atoms with E-state index in [0.29, 0.717) is 17.6 Å². The number of carbonyl (C=O) groups is 1. The van der Waals surface area contributed by atoms with E-state index < -0.39 is 0 Å². The topological polar surface area (TPSA) is 88.3 Å². The molecule has 1 heterocycles. The van der Waals surface area contributed by atoms with E-state index in [1.807, 2.05) is 12.1 Å². The van der Waals surface area contributed by atoms with Crippen molar-refractivity contribution in [2.75, 3.05) is 11.9 Å². The number of Topliss-reactive ketones (excluding diaryl/α,β-unsaturated/α-hetero) is 1. The number of hydrogen-bond donors (Lipinski definition) is 2. The Morgan fingerprint density at radius 3 is 2.53 bits per heavy atom. The molecule has 0 radical (unpaired) electrons. The van der Waals surface area contributed by atoms with Crippen LogP contribution in [0.3, 0.4) is 0 Å². The van der Waals surface area contributed by atoms with Crippen LogP contribution in [0.2, 0.25) is 0 Å². The average molecular weight is 460 g/mol. The zero-order valence-corrected chi connectivity index (χ0v) is 19.8. The molecule has 0 spiro atoms. The summed E-state index contributed by atoms with van der Waals surface area (Å²) in [4.78, 5) is 16.4. The number of nitrogens with one attached hydrogen (secondary N) is 1. The van der Waals surface area contributed by atoms with E-state index in [0.717, 1.165) is 41.6 Å². The smallest absolute Gasteiger partial charge is 0.258 e. The minimum absolute atomic E-state index is 0.0310. The fourth-order valence-electron chi connectivity index (χ4n) is 5.51. The van der Waals surface area contributed by atoms with Gasteiger partial charge in [-0.1, -0.05) is 36.6 Å². The van der Waals surface area contributed by atoms with Gasteiger partial charge in [0.2, 0.25) is 5.82 Å². The summed E-state index contributed by atoms with van der Waals surface area (Å²) in [5.41, 5.74) is 5.42. The Morgan fingerprint density at radius 2 is 1.79 bits per heavy atom. The van der Waals surface area contributed by atoms with Crippen molar-refractivity contribution in [2.24, 2.45) is 5.92 Å². The zero-order valence-electron chi connectivity index (χ0n) is 19.8. The van der Waals surface area contributed by atoms with E-state index in [-0.39, 0.29) is 24.3 Å². The van der Waals surface area contributed by atoms with Gasteiger partial charge in [0.25, 0.3) is 5.89 Å². The minimum Gasteiger partial charge on any atom is -0.389 e. The molecule has 5 rings (SSSR count). The summed E-state index contributed by atoms with van der Waals surface area (Å²) in [5.74, 6) is 1.72. The van der Waals surface area contributed by atoms with Gasteiger partial charge in [0.15, 0.2) is 5.78 Å². The number of aliphatic hydroxyl groups is 1. The number of nitrogens with zero attached hydrogens (tertiary/aromatic N) is 2. The first kappa shape index (κ1) is 22.8. The molecular weight excluding hydrogens is 426 g/mol. The molecule has 0 unspecified atom stereocenters. The molecule has 34 heavy (non-hydrogen) atoms. The van der Waals surface area contributed by atoms with Crippen LogP contribution in [0.1, 0.15) is 68.4 Å². The first-order valence-corrected chi connectivity index (χ1v) is 12.6. The lowest BCUT2D eigenvalue weighted by molar-refractivity contribution is -0.125. The molecule has 6 nitrogen and oxygen atoms in total. The summed E-state index contributed by atoms with van der Waals surface area (Å²) < 4.78 is 5.58. The molecule has 1 aromatic heterocycles. The summed E-state index contributed by atoms with van der Waals surface area (Å²) in [6, 6.07) is 15.0. The molecule has 2 aromatic carbocycles. The van der Waals surface area contributed by atoms with Crippen LogP contribution in [0.15, 0.2) is 47.0 Å². The second-order valence-electron chi connectivity index (χ2n) is 9.89. The maximum Gasteiger partial charge on any atom is 0.258 e. The Bertz CT molecular complexity index is 1130. The lowest BCUT2D eigenvalue weighted by atomic mass is 9.84. The second kappa shape index (κ2) is 10.1. The molecule has 2 saturated carbocycles. The lowest BCUT2D eigenvalue weighted by Gasteiger charge is -2.21. The molecular formula is C28H33N3O3. The Hall–Kier alpha value is -2.99. The summed E-state index contributed by atoms with van der Waals surface area (Å²) in [6.07, 6.45) is 9.14. The van der Waals surface area contributed by atoms with Crippen molar-refractivity contribution in [3.63, 3.8) is 0 Å². The van der Waals surface area contributed by atoms with Gasteiger partial charge in [-0.05, 0) is 86.4 Å². The van der Waals surface area contributed by atoms with Gasteiger partial charge in [-0.15, -0.1) is 0 Å². The third-order valence-electron chi connectivity index (χ3n) is 7.55. The SMILES string of the molecule is Cc1cc(-c2noc(-c3ccc(C4CCCCC4)cc3)n2)ccc1N[C@H]1CC[C@@H](C(=O)CO)C1. The molecule has 6 heteroatoms. The van der Waals surface area contributed by atoms with Crippen molar-refractivity contribution in [3.05, 3.63) is 53.6 Å². The summed E-state index contributed by atoms with van der Waals surface area (Å²) in [5, 5.41) is 16.9. The fraction of sp³-hybridized carbons (Fsp3) is 0.464. The van der Waals surface area contributed by atoms with E-state index in [1.54, 1.807) is 0 Å². The van der Waals surface area contributed by atoms with Crippen LogP contribution in [-0.2, 0) is 4.79 Å². The summed E-state index contributed by atoms with van der Waals surface area (Å²) in [6.45, 7) is 1.70. The van der Waals surface area contributed by atoms with Crippen LogP contribution < -0.4 is 5.32 Å². The Labute approximate surface area is 200 Å². The van der Waals surface area contributed by atoms with Crippen molar-refractivity contribution >= 4 is 11.5 Å². The van der Waals surface area contributed by atoms with Crippen LogP contribution >= 0.6 is 0 Å². The van der Waals surface area contributed by atoms with Crippen LogP contribution in [0.5, 0.6) is 0 Å². The van der Waals surface area contributed by atoms with E-state index in [2.05, 4.69) is 52.7 Å². The predicted molar refractivity (Wildman–Crippen MR) is 133 cm³/mol. The Kier molecular flexibility index (Phi) is 6.77. The monoisotopic (exact) mass is 459 g/mol. The van der Waals surface area contributed by atoms with Crippen molar-refractivity contribution < 1.29 is 14.4 Å². The molecule has 0 bridgehead atoms. The highest BCUT2D eigenvalue weighted by Crippen LogP contribution is 2.34. The molecule has 2 fully saturated rings. The van der Waals surface area contributed by atoms with Gasteiger partial charge in [0.05, 0.1) is 0 Å². The molecule has 3 aromatic rings. The molecule has 2 aliphatic carbocycles. The molecule has 178 valence electrons. The van der Waals surface area contributed by atoms with Crippen molar-refractivity contribution in [1.29, 1.82) is 0 Å². The minimum atomic E-state index is -0.359. The number of aromatic nitrogens is 2. The molecule has 2 aliphatic rings. The van der Waals surface area contributed by atoms with Crippen LogP contribution in [0, 0.1) is 12.8 Å². The molecule has 0 amide bonds. The summed E-state index contributed by atoms with van der Waals surface area (Å²) in [7, 11) is 0. The summed E-state index contributed by atoms with van der Waals surface area (Å²) >= 11 is 0. The van der Waals surface area contributed by atoms with Gasteiger partial charge < -0.3 is 14.9 Å². The number of hydrogen-bond acceptors (Lipinski definition) is 6. The lowest BCUT2D eigenvalue weighted by Crippen LogP contribution is -2.20. The fourth-order valence-corrected chi connectivity index (χ4v) is 5.51. The average Bonchev–Trinajstić information content (AvgIpc) is 3.56. The van der Waals surface area contributed by atoms with Crippen molar-refractivity contribution in [1.82, 2.24) is 10.1 Å². The van der Waals surface area contributed by atoms with Crippen molar-refractivity contribution in [3.8, 4) is 22.8 Å². The van der Waals surface area contributed by atoms with Gasteiger partial charge in [0.1, 0.15) is 6.61 Å². The van der Waals surface area contributed by atoms with Gasteiger partial charge in [0, 0.05) is 28.8 Å². The first-order valence-electron chi connectivity index (χ1n) is 12.6. The first-order chi connectivity index (χ1) is 16.6. The number of aryl methyl sites for hydroxylation is 1. The number of carbonyl (C=O) groups excluding carboxylic acids is 1. The normalized spacial score (nSPS) is 21.0. The third-order valence-corrected chi connectivity index (χ3v) is 7.55. The van der Waals surface area contributed by atoms with Crippen LogP contribution in [0.25, 0.3) is 22.8 Å². The van der Waals surface area contributed by atoms with Gasteiger partial charge >= 0.3 is 0 Å². The van der Waals surface area contributed by atoms with E-state index in [1.165, 1.54) is 37.7 Å².